The van der Waals surface area contributed by atoms with E-state index in [4.69, 9.17) is 18.0 Å². The normalized spacial score (nSPS) is 14.3. The molecule has 3 nitrogen and oxygen atoms in total. The first kappa shape index (κ1) is 13.5. The van der Waals surface area contributed by atoms with Crippen LogP contribution in [0.15, 0.2) is 17.5 Å². The van der Waals surface area contributed by atoms with Crippen LogP contribution in [0, 0.1) is 0 Å². The second-order valence-corrected chi connectivity index (χ2v) is 6.74. The van der Waals surface area contributed by atoms with E-state index in [2.05, 4.69) is 5.32 Å². The van der Waals surface area contributed by atoms with E-state index < -0.39 is 5.54 Å². The van der Waals surface area contributed by atoms with Gasteiger partial charge in [0.15, 0.2) is 0 Å². The zero-order valence-electron chi connectivity index (χ0n) is 10.1. The van der Waals surface area contributed by atoms with Gasteiger partial charge in [-0.2, -0.15) is 0 Å². The summed E-state index contributed by atoms with van der Waals surface area (Å²) in [6.07, 6.45) is 0.674. The summed E-state index contributed by atoms with van der Waals surface area (Å²) in [7, 11) is 0. The molecule has 1 amide bonds. The van der Waals surface area contributed by atoms with Crippen LogP contribution in [0.4, 0.5) is 0 Å². The minimum Gasteiger partial charge on any atom is -0.391 e. The summed E-state index contributed by atoms with van der Waals surface area (Å²) < 4.78 is 2.28. The van der Waals surface area contributed by atoms with Crippen LogP contribution in [0.3, 0.4) is 0 Å². The smallest absolute Gasteiger partial charge is 0.262 e. The lowest BCUT2D eigenvalue weighted by Gasteiger charge is -2.27. The molecule has 2 rings (SSSR count). The van der Waals surface area contributed by atoms with Crippen LogP contribution >= 0.6 is 34.9 Å². The van der Waals surface area contributed by atoms with Gasteiger partial charge in [0.05, 0.1) is 15.4 Å². The van der Waals surface area contributed by atoms with Gasteiger partial charge < -0.3 is 11.1 Å². The van der Waals surface area contributed by atoms with E-state index in [1.807, 2.05) is 31.4 Å². The number of thiophene rings is 2. The van der Waals surface area contributed by atoms with Crippen molar-refractivity contribution in [1.29, 1.82) is 0 Å². The van der Waals surface area contributed by atoms with Crippen molar-refractivity contribution in [1.82, 2.24) is 5.32 Å². The number of amides is 1. The molecule has 1 unspecified atom stereocenters. The molecular weight excluding hydrogens is 284 g/mol. The number of hydrogen-bond acceptors (Lipinski definition) is 4. The topological polar surface area (TPSA) is 55.1 Å². The largest absolute Gasteiger partial charge is 0.391 e. The Hall–Kier alpha value is -0.980. The number of carbonyl (C=O) groups excluding carboxylic acids is 1. The number of hydrogen-bond donors (Lipinski definition) is 2. The molecule has 0 aliphatic rings. The zero-order chi connectivity index (χ0) is 13.3. The Morgan fingerprint density at radius 2 is 2.28 bits per heavy atom. The third-order valence-corrected chi connectivity index (χ3v) is 5.55. The summed E-state index contributed by atoms with van der Waals surface area (Å²) in [6, 6.07) is 3.93. The summed E-state index contributed by atoms with van der Waals surface area (Å²) in [5.74, 6) is -0.111. The fourth-order valence-corrected chi connectivity index (χ4v) is 3.71. The van der Waals surface area contributed by atoms with Gasteiger partial charge in [0, 0.05) is 9.40 Å². The predicted octanol–water partition coefficient (Wildman–Crippen LogP) is 3.15. The quantitative estimate of drug-likeness (QED) is 0.853. The fourth-order valence-electron chi connectivity index (χ4n) is 1.51. The first-order valence-electron chi connectivity index (χ1n) is 5.56. The summed E-state index contributed by atoms with van der Waals surface area (Å²) in [5, 5.41) is 4.94. The van der Waals surface area contributed by atoms with E-state index in [0.717, 1.165) is 9.40 Å². The van der Waals surface area contributed by atoms with Gasteiger partial charge in [-0.05, 0) is 30.9 Å². The SMILES string of the molecule is CCC(C)(NC(=O)c1cc2sccc2s1)C(N)=S. The second kappa shape index (κ2) is 4.95. The Bertz CT molecular complexity index is 573. The first-order valence-corrected chi connectivity index (χ1v) is 7.66. The van der Waals surface area contributed by atoms with Crippen molar-refractivity contribution >= 4 is 55.2 Å². The van der Waals surface area contributed by atoms with E-state index in [9.17, 15) is 4.79 Å². The average Bonchev–Trinajstić information content (AvgIpc) is 2.88. The van der Waals surface area contributed by atoms with Gasteiger partial charge in [0.1, 0.15) is 0 Å². The lowest BCUT2D eigenvalue weighted by molar-refractivity contribution is 0.0931. The number of nitrogens with one attached hydrogen (secondary N) is 1. The highest BCUT2D eigenvalue weighted by Gasteiger charge is 2.28. The molecule has 3 N–H and O–H groups in total. The van der Waals surface area contributed by atoms with Crippen molar-refractivity contribution in [2.24, 2.45) is 5.73 Å². The average molecular weight is 298 g/mol. The van der Waals surface area contributed by atoms with Crippen molar-refractivity contribution in [3.63, 3.8) is 0 Å². The van der Waals surface area contributed by atoms with Crippen LogP contribution in [0.1, 0.15) is 29.9 Å². The predicted molar refractivity (Wildman–Crippen MR) is 82.6 cm³/mol. The lowest BCUT2D eigenvalue weighted by atomic mass is 9.99. The molecule has 0 spiro atoms. The molecule has 6 heteroatoms. The lowest BCUT2D eigenvalue weighted by Crippen LogP contribution is -2.53. The van der Waals surface area contributed by atoms with Gasteiger partial charge in [0.2, 0.25) is 0 Å². The Kier molecular flexibility index (Phi) is 3.70. The van der Waals surface area contributed by atoms with Crippen LogP contribution in [0.2, 0.25) is 0 Å². The van der Waals surface area contributed by atoms with E-state index in [1.165, 1.54) is 11.3 Å². The highest BCUT2D eigenvalue weighted by molar-refractivity contribution is 7.80. The molecule has 0 bridgehead atoms. The molecule has 0 saturated heterocycles. The minimum atomic E-state index is -0.621. The maximum absolute atomic E-state index is 12.2. The highest BCUT2D eigenvalue weighted by Crippen LogP contribution is 2.30. The first-order chi connectivity index (χ1) is 8.46. The number of nitrogens with two attached hydrogens (primary N) is 1. The molecule has 2 aromatic heterocycles. The third-order valence-electron chi connectivity index (χ3n) is 3.00. The fraction of sp³-hybridized carbons (Fsp3) is 0.333. The van der Waals surface area contributed by atoms with Gasteiger partial charge in [-0.25, -0.2) is 0 Å². The molecule has 18 heavy (non-hydrogen) atoms. The number of fused-ring (bicyclic) bond motifs is 1. The van der Waals surface area contributed by atoms with E-state index in [1.54, 1.807) is 11.3 Å². The van der Waals surface area contributed by atoms with Crippen LogP contribution in [0.5, 0.6) is 0 Å². The molecular formula is C12H14N2OS3. The van der Waals surface area contributed by atoms with E-state index in [0.29, 0.717) is 16.3 Å². The standard InChI is InChI=1S/C12H14N2OS3/c1-3-12(2,11(13)16)14-10(15)9-6-8-7(18-9)4-5-17-8/h4-6H,3H2,1-2H3,(H2,13,16)(H,14,15). The summed E-state index contributed by atoms with van der Waals surface area (Å²) >= 11 is 8.14. The van der Waals surface area contributed by atoms with Gasteiger partial charge in [0.25, 0.3) is 5.91 Å². The number of rotatable bonds is 4. The zero-order valence-corrected chi connectivity index (χ0v) is 12.6. The van der Waals surface area contributed by atoms with Crippen molar-refractivity contribution in [3.05, 3.63) is 22.4 Å². The van der Waals surface area contributed by atoms with Gasteiger partial charge in [-0.15, -0.1) is 22.7 Å². The van der Waals surface area contributed by atoms with Crippen LogP contribution in [-0.2, 0) is 0 Å². The van der Waals surface area contributed by atoms with Crippen LogP contribution < -0.4 is 11.1 Å². The van der Waals surface area contributed by atoms with Crippen molar-refractivity contribution < 1.29 is 4.79 Å². The molecule has 0 saturated carbocycles. The Balaban J connectivity index is 2.22. The number of carbonyl (C=O) groups is 1. The molecule has 0 aliphatic heterocycles. The van der Waals surface area contributed by atoms with Crippen LogP contribution in [-0.4, -0.2) is 16.4 Å². The Morgan fingerprint density at radius 1 is 1.56 bits per heavy atom. The summed E-state index contributed by atoms with van der Waals surface area (Å²) in [4.78, 5) is 13.2. The monoisotopic (exact) mass is 298 g/mol. The van der Waals surface area contributed by atoms with Gasteiger partial charge in [-0.3, -0.25) is 4.79 Å². The molecule has 2 aromatic rings. The van der Waals surface area contributed by atoms with Gasteiger partial charge >= 0.3 is 0 Å². The number of thiocarbonyl (C=S) groups is 1. The second-order valence-electron chi connectivity index (χ2n) is 4.26. The molecule has 0 fully saturated rings. The molecule has 96 valence electrons. The maximum Gasteiger partial charge on any atom is 0.262 e. The van der Waals surface area contributed by atoms with Crippen molar-refractivity contribution in [2.75, 3.05) is 0 Å². The van der Waals surface area contributed by atoms with Crippen molar-refractivity contribution in [3.8, 4) is 0 Å². The molecule has 0 radical (unpaired) electrons. The molecule has 0 aliphatic carbocycles. The summed E-state index contributed by atoms with van der Waals surface area (Å²) in [5.41, 5.74) is 5.06. The minimum absolute atomic E-state index is 0.111. The molecule has 2 heterocycles. The van der Waals surface area contributed by atoms with E-state index in [-0.39, 0.29) is 5.91 Å². The highest BCUT2D eigenvalue weighted by atomic mass is 32.1. The Labute approximate surface area is 119 Å². The molecule has 0 aromatic carbocycles. The van der Waals surface area contributed by atoms with Gasteiger partial charge in [-0.1, -0.05) is 19.1 Å². The summed E-state index contributed by atoms with van der Waals surface area (Å²) in [6.45, 7) is 3.80. The van der Waals surface area contributed by atoms with Crippen LogP contribution in [0.25, 0.3) is 9.40 Å². The Morgan fingerprint density at radius 3 is 2.83 bits per heavy atom. The molecule has 1 atom stereocenters. The maximum atomic E-state index is 12.2. The third kappa shape index (κ3) is 2.41. The van der Waals surface area contributed by atoms with Crippen molar-refractivity contribution in [2.45, 2.75) is 25.8 Å². The van der Waals surface area contributed by atoms with E-state index >= 15 is 0 Å².